The van der Waals surface area contributed by atoms with Crippen molar-refractivity contribution in [1.82, 2.24) is 4.72 Å². The van der Waals surface area contributed by atoms with Crippen LogP contribution in [0.2, 0.25) is 0 Å². The Morgan fingerprint density at radius 3 is 1.86 bits per heavy atom. The summed E-state index contributed by atoms with van der Waals surface area (Å²) in [5, 5.41) is 1.59. The van der Waals surface area contributed by atoms with E-state index in [1.54, 1.807) is 5.30 Å². The van der Waals surface area contributed by atoms with Crippen molar-refractivity contribution < 1.29 is 4.21 Å². The smallest absolute Gasteiger partial charge is 0.0979 e. The van der Waals surface area contributed by atoms with Gasteiger partial charge in [-0.05, 0) is 88.1 Å². The van der Waals surface area contributed by atoms with Gasteiger partial charge >= 0.3 is 0 Å². The van der Waals surface area contributed by atoms with E-state index in [4.69, 9.17) is 0 Å². The van der Waals surface area contributed by atoms with Crippen LogP contribution in [0.5, 0.6) is 0 Å². The van der Waals surface area contributed by atoms with Gasteiger partial charge in [-0.25, -0.2) is 8.93 Å². The van der Waals surface area contributed by atoms with Crippen LogP contribution in [0.1, 0.15) is 113 Å². The summed E-state index contributed by atoms with van der Waals surface area (Å²) in [6.07, 6.45) is 14.0. The Labute approximate surface area is 218 Å². The Balaban J connectivity index is 1.82. The van der Waals surface area contributed by atoms with Crippen LogP contribution in [0.15, 0.2) is 42.5 Å². The molecule has 0 radical (unpaired) electrons. The molecular formula is C31H46NOPS. The molecule has 1 N–H and O–H groups in total. The molecule has 2 atom stereocenters. The summed E-state index contributed by atoms with van der Waals surface area (Å²) in [7, 11) is -1.40. The molecule has 2 fully saturated rings. The molecule has 0 aliphatic heterocycles. The minimum atomic E-state index is -1.16. The number of aryl methyl sites for hydroxylation is 2. The van der Waals surface area contributed by atoms with Gasteiger partial charge < -0.3 is 0 Å². The van der Waals surface area contributed by atoms with E-state index in [0.717, 1.165) is 11.3 Å². The highest BCUT2D eigenvalue weighted by molar-refractivity contribution is 7.84. The number of nitrogens with one attached hydrogen (secondary N) is 1. The van der Waals surface area contributed by atoms with Crippen molar-refractivity contribution in [3.63, 3.8) is 0 Å². The molecule has 2 saturated carbocycles. The molecule has 2 aromatic rings. The largest absolute Gasteiger partial charge is 0.242 e. The second-order valence-corrected chi connectivity index (χ2v) is 16.7. The lowest BCUT2D eigenvalue weighted by atomic mass is 9.96. The van der Waals surface area contributed by atoms with Gasteiger partial charge in [0.05, 0.1) is 21.8 Å². The first-order valence-corrected chi connectivity index (χ1v) is 16.5. The normalized spacial score (nSPS) is 20.2. The monoisotopic (exact) mass is 511 g/mol. The zero-order valence-electron chi connectivity index (χ0n) is 22.6. The molecular weight excluding hydrogens is 465 g/mol. The number of hydrogen-bond donors (Lipinski definition) is 1. The topological polar surface area (TPSA) is 29.1 Å². The van der Waals surface area contributed by atoms with Crippen LogP contribution in [0.25, 0.3) is 0 Å². The van der Waals surface area contributed by atoms with E-state index in [9.17, 15) is 4.21 Å². The zero-order chi connectivity index (χ0) is 25.0. The fraction of sp³-hybridized carbons (Fsp3) is 0.613. The predicted octanol–water partition coefficient (Wildman–Crippen LogP) is 8.22. The average Bonchev–Trinajstić information content (AvgIpc) is 2.83. The maximum Gasteiger partial charge on any atom is 0.0979 e. The average molecular weight is 512 g/mol. The third-order valence-electron chi connectivity index (χ3n) is 7.82. The van der Waals surface area contributed by atoms with Crippen molar-refractivity contribution in [2.45, 2.75) is 121 Å². The SMILES string of the molecule is Cc1cc(C)cc(C(NS(=O)C(C)(C)C)c2ccccc2P(C2CCCCC2)C2CCCCC2)c1. The summed E-state index contributed by atoms with van der Waals surface area (Å²) in [5.41, 5.74) is 6.85. The van der Waals surface area contributed by atoms with E-state index in [1.807, 2.05) is 0 Å². The number of benzene rings is 2. The molecule has 0 spiro atoms. The van der Waals surface area contributed by atoms with Gasteiger partial charge in [-0.15, -0.1) is 0 Å². The molecule has 4 heteroatoms. The Kier molecular flexibility index (Phi) is 9.28. The van der Waals surface area contributed by atoms with Crippen LogP contribution in [0.3, 0.4) is 0 Å². The highest BCUT2D eigenvalue weighted by Gasteiger charge is 2.35. The van der Waals surface area contributed by atoms with Gasteiger partial charge in [0.1, 0.15) is 0 Å². The lowest BCUT2D eigenvalue weighted by Gasteiger charge is -2.40. The van der Waals surface area contributed by atoms with Crippen LogP contribution < -0.4 is 10.0 Å². The fourth-order valence-electron chi connectivity index (χ4n) is 6.15. The minimum Gasteiger partial charge on any atom is -0.242 e. The summed E-state index contributed by atoms with van der Waals surface area (Å²) in [5.74, 6) is 0. The van der Waals surface area contributed by atoms with Gasteiger partial charge in [0, 0.05) is 0 Å². The minimum absolute atomic E-state index is 0.0537. The van der Waals surface area contributed by atoms with Crippen LogP contribution >= 0.6 is 7.92 Å². The molecule has 2 unspecified atom stereocenters. The fourth-order valence-corrected chi connectivity index (χ4v) is 11.0. The van der Waals surface area contributed by atoms with E-state index < -0.39 is 11.0 Å². The second kappa shape index (κ2) is 12.0. The first-order chi connectivity index (χ1) is 16.7. The van der Waals surface area contributed by atoms with E-state index in [0.29, 0.717) is 0 Å². The van der Waals surface area contributed by atoms with Gasteiger partial charge in [0.15, 0.2) is 0 Å². The molecule has 35 heavy (non-hydrogen) atoms. The van der Waals surface area contributed by atoms with Crippen molar-refractivity contribution in [2.24, 2.45) is 0 Å². The van der Waals surface area contributed by atoms with Crippen molar-refractivity contribution >= 4 is 24.2 Å². The van der Waals surface area contributed by atoms with Gasteiger partial charge in [-0.3, -0.25) is 0 Å². The van der Waals surface area contributed by atoms with Gasteiger partial charge in [-0.1, -0.05) is 100 Å². The highest BCUT2D eigenvalue weighted by atomic mass is 32.2. The summed E-state index contributed by atoms with van der Waals surface area (Å²) in [4.78, 5) is 0. The van der Waals surface area contributed by atoms with Crippen molar-refractivity contribution in [3.8, 4) is 0 Å². The van der Waals surface area contributed by atoms with E-state index in [2.05, 4.69) is 81.8 Å². The van der Waals surface area contributed by atoms with Crippen LogP contribution in [0.4, 0.5) is 0 Å². The van der Waals surface area contributed by atoms with E-state index in [1.165, 1.54) is 86.5 Å². The van der Waals surface area contributed by atoms with Crippen molar-refractivity contribution in [2.75, 3.05) is 0 Å². The molecule has 0 bridgehead atoms. The highest BCUT2D eigenvalue weighted by Crippen LogP contribution is 2.56. The Morgan fingerprint density at radius 2 is 1.34 bits per heavy atom. The number of rotatable bonds is 7. The third-order valence-corrected chi connectivity index (χ3v) is 13.0. The zero-order valence-corrected chi connectivity index (χ0v) is 24.3. The van der Waals surface area contributed by atoms with Crippen LogP contribution in [-0.4, -0.2) is 20.3 Å². The Morgan fingerprint density at radius 1 is 0.829 bits per heavy atom. The predicted molar refractivity (Wildman–Crippen MR) is 156 cm³/mol. The second-order valence-electron chi connectivity index (χ2n) is 11.9. The first-order valence-electron chi connectivity index (χ1n) is 13.9. The molecule has 0 saturated heterocycles. The molecule has 2 aliphatic carbocycles. The van der Waals surface area contributed by atoms with Crippen molar-refractivity contribution in [1.29, 1.82) is 0 Å². The van der Waals surface area contributed by atoms with Crippen LogP contribution in [-0.2, 0) is 11.0 Å². The molecule has 0 aromatic heterocycles. The maximum absolute atomic E-state index is 13.5. The molecule has 2 aromatic carbocycles. The molecule has 2 aliphatic rings. The molecule has 4 rings (SSSR count). The van der Waals surface area contributed by atoms with Crippen molar-refractivity contribution in [3.05, 3.63) is 64.7 Å². The van der Waals surface area contributed by atoms with Gasteiger partial charge in [0.25, 0.3) is 0 Å². The van der Waals surface area contributed by atoms with E-state index >= 15 is 0 Å². The van der Waals surface area contributed by atoms with E-state index in [-0.39, 0.29) is 18.7 Å². The van der Waals surface area contributed by atoms with Crippen LogP contribution in [0, 0.1) is 13.8 Å². The maximum atomic E-state index is 13.5. The summed E-state index contributed by atoms with van der Waals surface area (Å²) >= 11 is 0. The standard InChI is InChI=1S/C31H46NOPS/c1-23-20-24(2)22-25(21-23)30(32-35(33)31(3,4)5)28-18-12-13-19-29(28)34(26-14-8-6-9-15-26)27-16-10-7-11-17-27/h12-13,18-22,26-27,30,32H,6-11,14-17H2,1-5H3. The van der Waals surface area contributed by atoms with Gasteiger partial charge in [-0.2, -0.15) is 0 Å². The molecule has 192 valence electrons. The van der Waals surface area contributed by atoms with Gasteiger partial charge in [0.2, 0.25) is 0 Å². The lowest BCUT2D eigenvalue weighted by molar-refractivity contribution is 0.487. The quantitative estimate of drug-likeness (QED) is 0.373. The Bertz CT molecular complexity index is 963. The Hall–Kier alpha value is -1.02. The summed E-state index contributed by atoms with van der Waals surface area (Å²) < 4.78 is 16.8. The molecule has 2 nitrogen and oxygen atoms in total. The molecule has 0 amide bonds. The third kappa shape index (κ3) is 6.85. The summed E-state index contributed by atoms with van der Waals surface area (Å²) in [6, 6.07) is 16.0. The number of hydrogen-bond acceptors (Lipinski definition) is 1. The molecule has 0 heterocycles. The summed E-state index contributed by atoms with van der Waals surface area (Å²) in [6.45, 7) is 10.6. The lowest BCUT2D eigenvalue weighted by Crippen LogP contribution is -2.38. The first kappa shape index (κ1) is 27.0.